The summed E-state index contributed by atoms with van der Waals surface area (Å²) in [6, 6.07) is 7.28. The quantitative estimate of drug-likeness (QED) is 0.433. The Morgan fingerprint density at radius 2 is 2.23 bits per heavy atom. The van der Waals surface area contributed by atoms with Crippen LogP contribution in [0.15, 0.2) is 41.8 Å². The molecule has 1 rings (SSSR count). The summed E-state index contributed by atoms with van der Waals surface area (Å²) in [6.45, 7) is 3.61. The molecule has 0 heterocycles. The first kappa shape index (κ1) is 10.4. The van der Waals surface area contributed by atoms with Crippen molar-refractivity contribution in [1.29, 1.82) is 0 Å². The maximum absolute atomic E-state index is 11.0. The van der Waals surface area contributed by atoms with Crippen molar-refractivity contribution in [3.63, 3.8) is 0 Å². The predicted octanol–water partition coefficient (Wildman–Crippen LogP) is 3.34. The van der Waals surface area contributed by atoms with Crippen molar-refractivity contribution in [3.8, 4) is 0 Å². The first-order chi connectivity index (χ1) is 6.25. The van der Waals surface area contributed by atoms with Crippen LogP contribution in [0.25, 0.3) is 0 Å². The van der Waals surface area contributed by atoms with Crippen molar-refractivity contribution in [2.45, 2.75) is 4.90 Å². The molecular weight excluding hydrogens is 204 g/mol. The highest BCUT2D eigenvalue weighted by Gasteiger charge is 2.06. The predicted molar refractivity (Wildman–Crippen MR) is 57.5 cm³/mol. The standard InChI is InChI=1S/C10H9ClOS/c1-2-7-13-9-6-4-3-5-8(9)10(11)12/h2-6H,1,7H2. The van der Waals surface area contributed by atoms with Crippen LogP contribution < -0.4 is 0 Å². The Labute approximate surface area is 86.8 Å². The monoisotopic (exact) mass is 212 g/mol. The molecule has 0 N–H and O–H groups in total. The average Bonchev–Trinajstić information content (AvgIpc) is 2.15. The van der Waals surface area contributed by atoms with E-state index in [1.54, 1.807) is 30.0 Å². The fourth-order valence-corrected chi connectivity index (χ4v) is 1.91. The molecular formula is C10H9ClOS. The average molecular weight is 213 g/mol. The van der Waals surface area contributed by atoms with E-state index in [9.17, 15) is 4.79 Å². The van der Waals surface area contributed by atoms with E-state index in [0.717, 1.165) is 10.6 Å². The smallest absolute Gasteiger partial charge is 0.253 e. The van der Waals surface area contributed by atoms with Crippen LogP contribution in [-0.2, 0) is 0 Å². The van der Waals surface area contributed by atoms with Crippen LogP contribution in [0.2, 0.25) is 0 Å². The zero-order chi connectivity index (χ0) is 9.68. The largest absolute Gasteiger partial charge is 0.276 e. The van der Waals surface area contributed by atoms with Crippen molar-refractivity contribution >= 4 is 28.6 Å². The van der Waals surface area contributed by atoms with E-state index in [2.05, 4.69) is 6.58 Å². The summed E-state index contributed by atoms with van der Waals surface area (Å²) in [5.41, 5.74) is 0.566. The summed E-state index contributed by atoms with van der Waals surface area (Å²) in [6.07, 6.45) is 1.79. The topological polar surface area (TPSA) is 17.1 Å². The van der Waals surface area contributed by atoms with Gasteiger partial charge in [-0.2, -0.15) is 0 Å². The second-order valence-electron chi connectivity index (χ2n) is 2.37. The van der Waals surface area contributed by atoms with E-state index in [1.807, 2.05) is 12.1 Å². The molecule has 0 spiro atoms. The van der Waals surface area contributed by atoms with Gasteiger partial charge in [0.05, 0.1) is 0 Å². The zero-order valence-electron chi connectivity index (χ0n) is 7.00. The minimum atomic E-state index is -0.410. The molecule has 0 aliphatic heterocycles. The van der Waals surface area contributed by atoms with Crippen molar-refractivity contribution < 1.29 is 4.79 Å². The maximum Gasteiger partial charge on any atom is 0.253 e. The summed E-state index contributed by atoms with van der Waals surface area (Å²) < 4.78 is 0. The van der Waals surface area contributed by atoms with Gasteiger partial charge in [-0.25, -0.2) is 0 Å². The van der Waals surface area contributed by atoms with E-state index in [1.165, 1.54) is 0 Å². The number of benzene rings is 1. The highest BCUT2D eigenvalue weighted by molar-refractivity contribution is 7.99. The summed E-state index contributed by atoms with van der Waals surface area (Å²) in [5, 5.41) is -0.410. The zero-order valence-corrected chi connectivity index (χ0v) is 8.57. The Kier molecular flexibility index (Phi) is 4.06. The molecule has 0 radical (unpaired) electrons. The molecule has 1 nitrogen and oxygen atoms in total. The van der Waals surface area contributed by atoms with E-state index in [4.69, 9.17) is 11.6 Å². The molecule has 1 aromatic carbocycles. The lowest BCUT2D eigenvalue weighted by Crippen LogP contribution is -1.91. The Hall–Kier alpha value is -0.730. The Bertz CT molecular complexity index is 322. The molecule has 0 aromatic heterocycles. The SMILES string of the molecule is C=CCSc1ccccc1C(=O)Cl. The van der Waals surface area contributed by atoms with Crippen LogP contribution in [0.3, 0.4) is 0 Å². The Balaban J connectivity index is 2.90. The molecule has 0 aliphatic carbocycles. The van der Waals surface area contributed by atoms with Gasteiger partial charge >= 0.3 is 0 Å². The molecule has 0 saturated heterocycles. The van der Waals surface area contributed by atoms with Crippen LogP contribution in [0, 0.1) is 0 Å². The number of hydrogen-bond donors (Lipinski definition) is 0. The molecule has 0 atom stereocenters. The van der Waals surface area contributed by atoms with Crippen LogP contribution >= 0.6 is 23.4 Å². The van der Waals surface area contributed by atoms with Gasteiger partial charge in [0.15, 0.2) is 0 Å². The normalized spacial score (nSPS) is 9.62. The van der Waals surface area contributed by atoms with Gasteiger partial charge in [-0.1, -0.05) is 18.2 Å². The first-order valence-electron chi connectivity index (χ1n) is 3.78. The third-order valence-corrected chi connectivity index (χ3v) is 2.73. The molecule has 68 valence electrons. The molecule has 3 heteroatoms. The van der Waals surface area contributed by atoms with Gasteiger partial charge in [0.1, 0.15) is 0 Å². The lowest BCUT2D eigenvalue weighted by Gasteiger charge is -2.02. The molecule has 0 saturated carbocycles. The number of hydrogen-bond acceptors (Lipinski definition) is 2. The second-order valence-corrected chi connectivity index (χ2v) is 3.77. The Morgan fingerprint density at radius 3 is 2.85 bits per heavy atom. The molecule has 0 amide bonds. The van der Waals surface area contributed by atoms with E-state index < -0.39 is 5.24 Å². The van der Waals surface area contributed by atoms with Gasteiger partial charge in [-0.05, 0) is 23.7 Å². The highest BCUT2D eigenvalue weighted by atomic mass is 35.5. The minimum absolute atomic E-state index is 0.410. The van der Waals surface area contributed by atoms with Crippen LogP contribution in [-0.4, -0.2) is 11.0 Å². The van der Waals surface area contributed by atoms with Gasteiger partial charge < -0.3 is 0 Å². The van der Waals surface area contributed by atoms with Crippen LogP contribution in [0.1, 0.15) is 10.4 Å². The van der Waals surface area contributed by atoms with E-state index >= 15 is 0 Å². The lowest BCUT2D eigenvalue weighted by molar-refractivity contribution is 0.107. The van der Waals surface area contributed by atoms with Gasteiger partial charge in [0, 0.05) is 16.2 Å². The fourth-order valence-electron chi connectivity index (χ4n) is 0.904. The van der Waals surface area contributed by atoms with Gasteiger partial charge in [-0.15, -0.1) is 18.3 Å². The Morgan fingerprint density at radius 1 is 1.54 bits per heavy atom. The second kappa shape index (κ2) is 5.10. The molecule has 13 heavy (non-hydrogen) atoms. The molecule has 0 bridgehead atoms. The fraction of sp³-hybridized carbons (Fsp3) is 0.100. The summed E-state index contributed by atoms with van der Waals surface area (Å²) >= 11 is 6.96. The van der Waals surface area contributed by atoms with Gasteiger partial charge in [0.25, 0.3) is 5.24 Å². The van der Waals surface area contributed by atoms with E-state index in [0.29, 0.717) is 5.56 Å². The minimum Gasteiger partial charge on any atom is -0.276 e. The van der Waals surface area contributed by atoms with Crippen molar-refractivity contribution in [2.24, 2.45) is 0 Å². The molecule has 0 unspecified atom stereocenters. The summed E-state index contributed by atoms with van der Waals surface area (Å²) in [4.78, 5) is 11.9. The summed E-state index contributed by atoms with van der Waals surface area (Å²) in [7, 11) is 0. The first-order valence-corrected chi connectivity index (χ1v) is 5.14. The van der Waals surface area contributed by atoms with E-state index in [-0.39, 0.29) is 0 Å². The van der Waals surface area contributed by atoms with Crippen molar-refractivity contribution in [2.75, 3.05) is 5.75 Å². The van der Waals surface area contributed by atoms with Crippen LogP contribution in [0.5, 0.6) is 0 Å². The molecule has 0 aliphatic rings. The number of carbonyl (C=O) groups is 1. The number of thioether (sulfide) groups is 1. The lowest BCUT2D eigenvalue weighted by atomic mass is 10.2. The summed E-state index contributed by atoms with van der Waals surface area (Å²) in [5.74, 6) is 0.779. The van der Waals surface area contributed by atoms with Crippen molar-refractivity contribution in [1.82, 2.24) is 0 Å². The third-order valence-electron chi connectivity index (χ3n) is 1.46. The number of rotatable bonds is 4. The number of halogens is 1. The van der Waals surface area contributed by atoms with Gasteiger partial charge in [0.2, 0.25) is 0 Å². The molecule has 0 fully saturated rings. The third kappa shape index (κ3) is 2.90. The molecule has 1 aromatic rings. The number of carbonyl (C=O) groups excluding carboxylic acids is 1. The maximum atomic E-state index is 11.0. The van der Waals surface area contributed by atoms with Crippen molar-refractivity contribution in [3.05, 3.63) is 42.5 Å². The van der Waals surface area contributed by atoms with Crippen LogP contribution in [0.4, 0.5) is 0 Å². The van der Waals surface area contributed by atoms with Gasteiger partial charge in [-0.3, -0.25) is 4.79 Å². The highest BCUT2D eigenvalue weighted by Crippen LogP contribution is 2.23.